The Morgan fingerprint density at radius 1 is 2.00 bits per heavy atom. The third-order valence-electron chi connectivity index (χ3n) is 0.400. The molecule has 3 nitrogen and oxygen atoms in total. The molecule has 0 aliphatic heterocycles. The van der Waals surface area contributed by atoms with Crippen LogP contribution in [-0.4, -0.2) is 19.1 Å². The third-order valence-corrected chi connectivity index (χ3v) is 0.529. The molecule has 0 bridgehead atoms. The van der Waals surface area contributed by atoms with Crippen LogP contribution in [0.3, 0.4) is 0 Å². The van der Waals surface area contributed by atoms with Crippen molar-refractivity contribution in [3.63, 3.8) is 0 Å². The molecule has 0 saturated heterocycles. The molecule has 0 atom stereocenters. The maximum absolute atomic E-state index is 10.0. The fraction of sp³-hybridized carbons (Fsp3) is 0.667. The number of hydrogen-bond acceptors (Lipinski definition) is 3. The van der Waals surface area contributed by atoms with Gasteiger partial charge in [-0.15, -0.1) is 12.6 Å². The summed E-state index contributed by atoms with van der Waals surface area (Å²) in [4.78, 5) is 10.0. The predicted molar refractivity (Wildman–Crippen MR) is 29.4 cm³/mol. The number of amides is 1. The number of ether oxygens (including phenoxy) is 1. The second-order valence-corrected chi connectivity index (χ2v) is 1.07. The summed E-state index contributed by atoms with van der Waals surface area (Å²) in [5, 5.41) is 2.26. The van der Waals surface area contributed by atoms with E-state index in [0.29, 0.717) is 0 Å². The average molecular weight is 121 g/mol. The molecule has 0 fully saturated rings. The lowest BCUT2D eigenvalue weighted by molar-refractivity contribution is 0.168. The molecular weight excluding hydrogens is 114 g/mol. The second kappa shape index (κ2) is 3.80. The summed E-state index contributed by atoms with van der Waals surface area (Å²) in [5.41, 5.74) is 0. The molecule has 1 amide bonds. The molecule has 42 valence electrons. The molecule has 0 spiro atoms. The Bertz CT molecular complexity index is 66.0. The van der Waals surface area contributed by atoms with Gasteiger partial charge in [-0.2, -0.15) is 0 Å². The van der Waals surface area contributed by atoms with Crippen LogP contribution in [-0.2, 0) is 4.74 Å². The van der Waals surface area contributed by atoms with Crippen molar-refractivity contribution in [3.8, 4) is 0 Å². The SMILES string of the molecule is CNC(=O)OCS. The highest BCUT2D eigenvalue weighted by Gasteiger charge is 1.89. The fourth-order valence-corrected chi connectivity index (χ4v) is 0.248. The molecule has 0 radical (unpaired) electrons. The van der Waals surface area contributed by atoms with Crippen LogP contribution in [0.1, 0.15) is 0 Å². The van der Waals surface area contributed by atoms with Crippen molar-refractivity contribution in [2.75, 3.05) is 13.0 Å². The summed E-state index contributed by atoms with van der Waals surface area (Å²) in [6, 6.07) is 0. The van der Waals surface area contributed by atoms with Crippen LogP contribution in [0.5, 0.6) is 0 Å². The Morgan fingerprint density at radius 3 is 2.71 bits per heavy atom. The summed E-state index contributed by atoms with van der Waals surface area (Å²) in [5.74, 6) is 0.125. The molecule has 0 unspecified atom stereocenters. The van der Waals surface area contributed by atoms with E-state index in [9.17, 15) is 4.79 Å². The lowest BCUT2D eigenvalue weighted by Crippen LogP contribution is -2.18. The van der Waals surface area contributed by atoms with Gasteiger partial charge in [0, 0.05) is 7.05 Å². The molecule has 4 heteroatoms. The lowest BCUT2D eigenvalue weighted by Gasteiger charge is -1.95. The topological polar surface area (TPSA) is 38.3 Å². The normalized spacial score (nSPS) is 7.71. The molecule has 0 rings (SSSR count). The third kappa shape index (κ3) is 3.45. The van der Waals surface area contributed by atoms with E-state index in [2.05, 4.69) is 22.7 Å². The van der Waals surface area contributed by atoms with E-state index in [1.54, 1.807) is 0 Å². The molecule has 0 aliphatic carbocycles. The maximum Gasteiger partial charge on any atom is 0.407 e. The average Bonchev–Trinajstić information content (AvgIpc) is 1.68. The van der Waals surface area contributed by atoms with E-state index < -0.39 is 6.09 Å². The Hall–Kier alpha value is -0.380. The maximum atomic E-state index is 10.0. The number of carbonyl (C=O) groups is 1. The van der Waals surface area contributed by atoms with E-state index in [4.69, 9.17) is 0 Å². The molecule has 7 heavy (non-hydrogen) atoms. The number of nitrogens with one attached hydrogen (secondary N) is 1. The first-order valence-corrected chi connectivity index (χ1v) is 2.40. The number of thiol groups is 1. The molecule has 0 aliphatic rings. The smallest absolute Gasteiger partial charge is 0.407 e. The van der Waals surface area contributed by atoms with Crippen molar-refractivity contribution in [1.82, 2.24) is 5.32 Å². The van der Waals surface area contributed by atoms with Gasteiger partial charge in [0.2, 0.25) is 0 Å². The van der Waals surface area contributed by atoms with E-state index in [1.807, 2.05) is 0 Å². The molecule has 0 heterocycles. The highest BCUT2D eigenvalue weighted by Crippen LogP contribution is 1.76. The van der Waals surface area contributed by atoms with Crippen LogP contribution in [0.2, 0.25) is 0 Å². The van der Waals surface area contributed by atoms with Crippen LogP contribution in [0.4, 0.5) is 4.79 Å². The molecular formula is C3H7NO2S. The van der Waals surface area contributed by atoms with Gasteiger partial charge < -0.3 is 10.1 Å². The Kier molecular flexibility index (Phi) is 3.59. The fourth-order valence-electron chi connectivity index (χ4n) is 0.131. The van der Waals surface area contributed by atoms with Crippen LogP contribution >= 0.6 is 12.6 Å². The second-order valence-electron chi connectivity index (χ2n) is 0.811. The number of alkyl carbamates (subject to hydrolysis) is 1. The Balaban J connectivity index is 3.00. The highest BCUT2D eigenvalue weighted by molar-refractivity contribution is 7.80. The highest BCUT2D eigenvalue weighted by atomic mass is 32.1. The van der Waals surface area contributed by atoms with Crippen molar-refractivity contribution < 1.29 is 9.53 Å². The first-order chi connectivity index (χ1) is 3.31. The van der Waals surface area contributed by atoms with Crippen LogP contribution in [0.25, 0.3) is 0 Å². The van der Waals surface area contributed by atoms with Gasteiger partial charge in [-0.25, -0.2) is 4.79 Å². The van der Waals surface area contributed by atoms with Crippen molar-refractivity contribution in [2.45, 2.75) is 0 Å². The van der Waals surface area contributed by atoms with Gasteiger partial charge in [-0.05, 0) is 0 Å². The van der Waals surface area contributed by atoms with Gasteiger partial charge in [0.15, 0.2) is 0 Å². The standard InChI is InChI=1S/C3H7NO2S/c1-4-3(5)6-2-7/h7H,2H2,1H3,(H,4,5). The zero-order valence-electron chi connectivity index (χ0n) is 3.97. The van der Waals surface area contributed by atoms with Gasteiger partial charge in [0.25, 0.3) is 0 Å². The van der Waals surface area contributed by atoms with Gasteiger partial charge in [-0.3, -0.25) is 0 Å². The largest absolute Gasteiger partial charge is 0.439 e. The van der Waals surface area contributed by atoms with Crippen molar-refractivity contribution in [3.05, 3.63) is 0 Å². The van der Waals surface area contributed by atoms with E-state index in [0.717, 1.165) is 0 Å². The zero-order chi connectivity index (χ0) is 5.70. The number of carbonyl (C=O) groups excluding carboxylic acids is 1. The monoisotopic (exact) mass is 121 g/mol. The molecule has 0 saturated carbocycles. The Morgan fingerprint density at radius 2 is 2.57 bits per heavy atom. The molecule has 0 aromatic rings. The van der Waals surface area contributed by atoms with E-state index in [-0.39, 0.29) is 5.94 Å². The van der Waals surface area contributed by atoms with Crippen molar-refractivity contribution >= 4 is 18.7 Å². The van der Waals surface area contributed by atoms with Gasteiger partial charge in [0.1, 0.15) is 5.94 Å². The van der Waals surface area contributed by atoms with Gasteiger partial charge in [0.05, 0.1) is 0 Å². The summed E-state index contributed by atoms with van der Waals surface area (Å²) in [6.07, 6.45) is -0.449. The van der Waals surface area contributed by atoms with Crippen molar-refractivity contribution in [1.29, 1.82) is 0 Å². The lowest BCUT2D eigenvalue weighted by atomic mass is 11.1. The summed E-state index contributed by atoms with van der Waals surface area (Å²) >= 11 is 3.63. The van der Waals surface area contributed by atoms with E-state index >= 15 is 0 Å². The van der Waals surface area contributed by atoms with Gasteiger partial charge >= 0.3 is 6.09 Å². The predicted octanol–water partition coefficient (Wildman–Crippen LogP) is 0.230. The number of rotatable bonds is 1. The Labute approximate surface area is 47.4 Å². The summed E-state index contributed by atoms with van der Waals surface area (Å²) in [6.45, 7) is 0. The van der Waals surface area contributed by atoms with Gasteiger partial charge in [-0.1, -0.05) is 0 Å². The van der Waals surface area contributed by atoms with E-state index in [1.165, 1.54) is 7.05 Å². The molecule has 0 aromatic heterocycles. The first kappa shape index (κ1) is 6.62. The quantitative estimate of drug-likeness (QED) is 0.385. The molecule has 1 N–H and O–H groups in total. The van der Waals surface area contributed by atoms with Crippen LogP contribution in [0, 0.1) is 0 Å². The van der Waals surface area contributed by atoms with Crippen molar-refractivity contribution in [2.24, 2.45) is 0 Å². The minimum atomic E-state index is -0.449. The first-order valence-electron chi connectivity index (χ1n) is 1.76. The number of hydrogen-bond donors (Lipinski definition) is 2. The van der Waals surface area contributed by atoms with Crippen LogP contribution < -0.4 is 5.32 Å². The minimum Gasteiger partial charge on any atom is -0.439 e. The molecule has 0 aromatic carbocycles. The zero-order valence-corrected chi connectivity index (χ0v) is 4.87. The van der Waals surface area contributed by atoms with Crippen LogP contribution in [0.15, 0.2) is 0 Å². The minimum absolute atomic E-state index is 0.125. The summed E-state index contributed by atoms with van der Waals surface area (Å²) in [7, 11) is 1.49. The summed E-state index contributed by atoms with van der Waals surface area (Å²) < 4.78 is 4.31.